The maximum atomic E-state index is 11.2. The minimum absolute atomic E-state index is 0.194. The van der Waals surface area contributed by atoms with Gasteiger partial charge in [0.25, 0.3) is 0 Å². The Morgan fingerprint density at radius 3 is 0.804 bits per heavy atom. The Balaban J connectivity index is 3.06. The van der Waals surface area contributed by atoms with Crippen LogP contribution in [0.3, 0.4) is 0 Å². The number of aliphatic carboxylic acids is 1. The van der Waals surface area contributed by atoms with E-state index >= 15 is 0 Å². The average Bonchev–Trinajstić information content (AvgIpc) is 3.04. The van der Waals surface area contributed by atoms with E-state index in [2.05, 4.69) is 0 Å². The van der Waals surface area contributed by atoms with Crippen molar-refractivity contribution in [3.8, 4) is 0 Å². The average molecular weight is 675 g/mol. The Morgan fingerprint density at radius 1 is 0.370 bits per heavy atom. The number of carbonyl (C=O) groups is 2. The molecule has 0 spiro atoms. The van der Waals surface area contributed by atoms with Gasteiger partial charge in [-0.2, -0.15) is 0 Å². The summed E-state index contributed by atoms with van der Waals surface area (Å²) in [6.07, 6.45) is 1.22. The van der Waals surface area contributed by atoms with Gasteiger partial charge in [0, 0.05) is 6.42 Å². The molecule has 0 saturated carbocycles. The standard InChI is InChI=1S/C30H58O16/c1-2-3-30(33)46-27-26-44-23-22-42-19-18-40-15-14-38-11-10-36-7-6-34-4-5-35-8-9-37-12-13-39-16-17-41-20-21-43-24-25-45-28-29(31)32/h2-28H2,1H3,(H,31,32). The molecule has 0 atom stereocenters. The Kier molecular flexibility index (Phi) is 38.3. The number of carboxylic acid groups (broad SMARTS) is 1. The topological polar surface area (TPSA) is 174 Å². The summed E-state index contributed by atoms with van der Waals surface area (Å²) < 4.78 is 69.3. The summed E-state index contributed by atoms with van der Waals surface area (Å²) in [6.45, 7) is 12.2. The summed E-state index contributed by atoms with van der Waals surface area (Å²) in [7, 11) is 0. The van der Waals surface area contributed by atoms with Crippen LogP contribution in [-0.2, 0) is 71.2 Å². The molecule has 0 aliphatic rings. The molecule has 0 unspecified atom stereocenters. The highest BCUT2D eigenvalue weighted by atomic mass is 16.6. The molecule has 16 heteroatoms. The fourth-order valence-corrected chi connectivity index (χ4v) is 3.07. The van der Waals surface area contributed by atoms with Crippen LogP contribution in [0.4, 0.5) is 0 Å². The lowest BCUT2D eigenvalue weighted by molar-refractivity contribution is -0.145. The zero-order valence-electron chi connectivity index (χ0n) is 27.7. The van der Waals surface area contributed by atoms with E-state index in [4.69, 9.17) is 66.7 Å². The van der Waals surface area contributed by atoms with Crippen molar-refractivity contribution in [1.29, 1.82) is 0 Å². The fourth-order valence-electron chi connectivity index (χ4n) is 3.07. The van der Waals surface area contributed by atoms with E-state index in [0.29, 0.717) is 152 Å². The lowest BCUT2D eigenvalue weighted by Crippen LogP contribution is -2.16. The molecule has 0 rings (SSSR count). The number of carboxylic acids is 1. The molecule has 0 aromatic carbocycles. The second-order valence-electron chi connectivity index (χ2n) is 9.15. The Bertz CT molecular complexity index is 628. The second-order valence-corrected chi connectivity index (χ2v) is 9.15. The monoisotopic (exact) mass is 674 g/mol. The number of hydrogen-bond donors (Lipinski definition) is 1. The summed E-state index contributed by atoms with van der Waals surface area (Å²) in [6, 6.07) is 0. The SMILES string of the molecule is CCCC(=O)OCCOCCOCCOCCOCCOCCOCCOCCOCCOCCOCCOCCOCC(=O)O. The molecule has 274 valence electrons. The number of ether oxygens (including phenoxy) is 13. The lowest BCUT2D eigenvalue weighted by Gasteiger charge is -2.09. The highest BCUT2D eigenvalue weighted by molar-refractivity contribution is 5.69. The fraction of sp³-hybridized carbons (Fsp3) is 0.933. The third-order valence-electron chi connectivity index (χ3n) is 5.26. The first-order valence-corrected chi connectivity index (χ1v) is 16.0. The van der Waals surface area contributed by atoms with Gasteiger partial charge in [0.15, 0.2) is 0 Å². The number of carbonyl (C=O) groups excluding carboxylic acids is 1. The Morgan fingerprint density at radius 2 is 0.587 bits per heavy atom. The zero-order chi connectivity index (χ0) is 33.4. The first-order valence-electron chi connectivity index (χ1n) is 16.0. The van der Waals surface area contributed by atoms with Crippen molar-refractivity contribution in [3.05, 3.63) is 0 Å². The van der Waals surface area contributed by atoms with Gasteiger partial charge < -0.3 is 66.7 Å². The minimum atomic E-state index is -0.999. The molecule has 0 aromatic heterocycles. The Labute approximate surface area is 273 Å². The van der Waals surface area contributed by atoms with Gasteiger partial charge in [0.1, 0.15) is 13.2 Å². The number of rotatable bonds is 40. The summed E-state index contributed by atoms with van der Waals surface area (Å²) in [4.78, 5) is 21.4. The van der Waals surface area contributed by atoms with E-state index in [1.165, 1.54) is 0 Å². The van der Waals surface area contributed by atoms with Crippen molar-refractivity contribution in [2.75, 3.05) is 165 Å². The summed E-state index contributed by atoms with van der Waals surface area (Å²) in [5.74, 6) is -1.19. The normalized spacial score (nSPS) is 11.3. The van der Waals surface area contributed by atoms with Gasteiger partial charge in [-0.1, -0.05) is 6.92 Å². The molecule has 0 radical (unpaired) electrons. The molecule has 0 aliphatic heterocycles. The molecule has 0 bridgehead atoms. The minimum Gasteiger partial charge on any atom is -0.480 e. The summed E-state index contributed by atoms with van der Waals surface area (Å²) in [5.41, 5.74) is 0. The molecule has 0 amide bonds. The molecule has 0 saturated heterocycles. The van der Waals surface area contributed by atoms with Crippen LogP contribution in [0.25, 0.3) is 0 Å². The van der Waals surface area contributed by atoms with E-state index in [0.717, 1.165) is 6.42 Å². The predicted octanol–water partition coefficient (Wildman–Crippen LogP) is 0.614. The summed E-state index contributed by atoms with van der Waals surface area (Å²) >= 11 is 0. The number of hydrogen-bond acceptors (Lipinski definition) is 15. The maximum absolute atomic E-state index is 11.2. The molecule has 1 N–H and O–H groups in total. The van der Waals surface area contributed by atoms with Crippen molar-refractivity contribution in [2.24, 2.45) is 0 Å². The van der Waals surface area contributed by atoms with Crippen molar-refractivity contribution in [2.45, 2.75) is 19.8 Å². The van der Waals surface area contributed by atoms with Crippen molar-refractivity contribution < 1.29 is 76.3 Å². The lowest BCUT2D eigenvalue weighted by atomic mass is 10.3. The predicted molar refractivity (Wildman–Crippen MR) is 163 cm³/mol. The van der Waals surface area contributed by atoms with Gasteiger partial charge in [-0.15, -0.1) is 0 Å². The van der Waals surface area contributed by atoms with Gasteiger partial charge in [-0.3, -0.25) is 4.79 Å². The van der Waals surface area contributed by atoms with E-state index in [1.54, 1.807) is 0 Å². The third kappa shape index (κ3) is 40.5. The van der Waals surface area contributed by atoms with E-state index in [-0.39, 0.29) is 25.8 Å². The summed E-state index contributed by atoms with van der Waals surface area (Å²) in [5, 5.41) is 8.42. The largest absolute Gasteiger partial charge is 0.480 e. The third-order valence-corrected chi connectivity index (χ3v) is 5.26. The first-order chi connectivity index (χ1) is 22.7. The van der Waals surface area contributed by atoms with Gasteiger partial charge in [0.05, 0.1) is 152 Å². The van der Waals surface area contributed by atoms with Crippen molar-refractivity contribution in [3.63, 3.8) is 0 Å². The molecule has 0 aliphatic carbocycles. The molecule has 0 heterocycles. The van der Waals surface area contributed by atoms with Gasteiger partial charge in [0.2, 0.25) is 0 Å². The van der Waals surface area contributed by atoms with Crippen LogP contribution in [0.2, 0.25) is 0 Å². The molecule has 16 nitrogen and oxygen atoms in total. The highest BCUT2D eigenvalue weighted by Crippen LogP contribution is 1.91. The number of esters is 1. The van der Waals surface area contributed by atoms with Crippen LogP contribution in [0.1, 0.15) is 19.8 Å². The zero-order valence-corrected chi connectivity index (χ0v) is 27.7. The van der Waals surface area contributed by atoms with E-state index in [1.807, 2.05) is 6.92 Å². The van der Waals surface area contributed by atoms with Crippen LogP contribution in [0, 0.1) is 0 Å². The van der Waals surface area contributed by atoms with Crippen molar-refractivity contribution >= 4 is 11.9 Å². The Hall–Kier alpha value is -1.54. The quantitative estimate of drug-likeness (QED) is 0.0707. The van der Waals surface area contributed by atoms with Crippen LogP contribution in [-0.4, -0.2) is 182 Å². The molecular weight excluding hydrogens is 616 g/mol. The molecule has 46 heavy (non-hydrogen) atoms. The second kappa shape index (κ2) is 39.6. The molecular formula is C30H58O16. The molecule has 0 aromatic rings. The maximum Gasteiger partial charge on any atom is 0.329 e. The van der Waals surface area contributed by atoms with Gasteiger partial charge in [-0.25, -0.2) is 4.79 Å². The van der Waals surface area contributed by atoms with Crippen LogP contribution >= 0.6 is 0 Å². The first kappa shape index (κ1) is 44.5. The smallest absolute Gasteiger partial charge is 0.329 e. The van der Waals surface area contributed by atoms with Crippen LogP contribution in [0.15, 0.2) is 0 Å². The van der Waals surface area contributed by atoms with Crippen molar-refractivity contribution in [1.82, 2.24) is 0 Å². The van der Waals surface area contributed by atoms with Gasteiger partial charge >= 0.3 is 11.9 Å². The van der Waals surface area contributed by atoms with Gasteiger partial charge in [-0.05, 0) is 6.42 Å². The van der Waals surface area contributed by atoms with E-state index in [9.17, 15) is 9.59 Å². The van der Waals surface area contributed by atoms with Crippen LogP contribution < -0.4 is 0 Å². The highest BCUT2D eigenvalue weighted by Gasteiger charge is 2.00. The van der Waals surface area contributed by atoms with Crippen LogP contribution in [0.5, 0.6) is 0 Å². The van der Waals surface area contributed by atoms with E-state index < -0.39 is 5.97 Å². The molecule has 0 fully saturated rings.